The second-order valence-electron chi connectivity index (χ2n) is 4.65. The van der Waals surface area contributed by atoms with Gasteiger partial charge in [-0.2, -0.15) is 4.91 Å². The number of aliphatic hydroxyl groups excluding tert-OH is 1. The van der Waals surface area contributed by atoms with E-state index in [2.05, 4.69) is 20.1 Å². The van der Waals surface area contributed by atoms with Crippen molar-refractivity contribution >= 4 is 17.0 Å². The Labute approximate surface area is 118 Å². The van der Waals surface area contributed by atoms with Gasteiger partial charge in [-0.25, -0.2) is 15.0 Å². The van der Waals surface area contributed by atoms with Gasteiger partial charge in [-0.05, 0) is 0 Å². The van der Waals surface area contributed by atoms with Crippen molar-refractivity contribution in [2.75, 3.05) is 19.4 Å². The van der Waals surface area contributed by atoms with E-state index in [0.29, 0.717) is 11.2 Å². The minimum atomic E-state index is -0.990. The molecule has 0 saturated carbocycles. The van der Waals surface area contributed by atoms with Crippen LogP contribution in [0.4, 0.5) is 5.82 Å². The summed E-state index contributed by atoms with van der Waals surface area (Å²) in [7, 11) is 1.43. The molecule has 0 radical (unpaired) electrons. The highest BCUT2D eigenvalue weighted by Crippen LogP contribution is 2.33. The van der Waals surface area contributed by atoms with Crippen molar-refractivity contribution in [2.45, 2.75) is 24.5 Å². The van der Waals surface area contributed by atoms with Crippen LogP contribution in [0.5, 0.6) is 0 Å². The molecule has 1 aliphatic heterocycles. The lowest BCUT2D eigenvalue weighted by atomic mass is 10.1. The smallest absolute Gasteiger partial charge is 0.167 e. The summed E-state index contributed by atoms with van der Waals surface area (Å²) in [5.74, 6) is 0.237. The average molecular weight is 294 g/mol. The number of rotatable bonds is 4. The second-order valence-corrected chi connectivity index (χ2v) is 4.65. The van der Waals surface area contributed by atoms with Gasteiger partial charge in [0.1, 0.15) is 36.7 Å². The number of aromatic nitrogens is 4. The molecule has 1 saturated heterocycles. The van der Waals surface area contributed by atoms with E-state index in [1.54, 1.807) is 0 Å². The fraction of sp³-hybridized carbons (Fsp3) is 0.545. The van der Waals surface area contributed by atoms with E-state index in [1.807, 2.05) is 0 Å². The Morgan fingerprint density at radius 1 is 1.52 bits per heavy atom. The molecule has 3 N–H and O–H groups in total. The molecule has 0 bridgehead atoms. The third-order valence-electron chi connectivity index (χ3n) is 3.50. The van der Waals surface area contributed by atoms with Gasteiger partial charge in [0.15, 0.2) is 17.7 Å². The normalized spacial score (nSPS) is 29.0. The standard InChI is InChI=1S/C11H14N6O4/c1-20-8-5(2-16-19)21-11(7(8)18)17-4-15-6-9(12)13-3-14-10(6)17/h3-5,7-8,11,18H,2H2,1H3,(H2,12,13,14). The summed E-state index contributed by atoms with van der Waals surface area (Å²) in [6.07, 6.45) is -0.326. The zero-order valence-electron chi connectivity index (χ0n) is 11.2. The number of imidazole rings is 1. The number of anilines is 1. The molecule has 0 aliphatic carbocycles. The summed E-state index contributed by atoms with van der Waals surface area (Å²) < 4.78 is 12.4. The third-order valence-corrected chi connectivity index (χ3v) is 3.50. The van der Waals surface area contributed by atoms with Crippen molar-refractivity contribution in [1.29, 1.82) is 0 Å². The number of fused-ring (bicyclic) bond motifs is 1. The second kappa shape index (κ2) is 5.31. The maximum Gasteiger partial charge on any atom is 0.167 e. The van der Waals surface area contributed by atoms with E-state index in [9.17, 15) is 10.0 Å². The molecular formula is C11H14N6O4. The first-order chi connectivity index (χ1) is 10.2. The molecule has 3 heterocycles. The lowest BCUT2D eigenvalue weighted by Crippen LogP contribution is -2.34. The number of methoxy groups -OCH3 is 1. The number of nitroso groups, excluding NO2 is 1. The summed E-state index contributed by atoms with van der Waals surface area (Å²) in [5, 5.41) is 13.1. The minimum Gasteiger partial charge on any atom is -0.386 e. The van der Waals surface area contributed by atoms with E-state index >= 15 is 0 Å². The fourth-order valence-electron chi connectivity index (χ4n) is 2.52. The van der Waals surface area contributed by atoms with Crippen LogP contribution in [0.1, 0.15) is 6.23 Å². The SMILES string of the molecule is COC1C(CN=O)OC(n2cnc3c(N)ncnc32)C1O. The van der Waals surface area contributed by atoms with Crippen LogP contribution >= 0.6 is 0 Å². The molecule has 10 nitrogen and oxygen atoms in total. The zero-order chi connectivity index (χ0) is 15.0. The highest BCUT2D eigenvalue weighted by Gasteiger charge is 2.45. The minimum absolute atomic E-state index is 0.115. The van der Waals surface area contributed by atoms with Crippen LogP contribution in [0.15, 0.2) is 17.8 Å². The Hall–Kier alpha value is -2.17. The molecule has 4 unspecified atom stereocenters. The predicted molar refractivity (Wildman–Crippen MR) is 71.1 cm³/mol. The van der Waals surface area contributed by atoms with Gasteiger partial charge in [0, 0.05) is 7.11 Å². The van der Waals surface area contributed by atoms with Crippen LogP contribution in [0, 0.1) is 4.91 Å². The summed E-state index contributed by atoms with van der Waals surface area (Å²) in [5.41, 5.74) is 6.57. The summed E-state index contributed by atoms with van der Waals surface area (Å²) in [4.78, 5) is 22.5. The highest BCUT2D eigenvalue weighted by atomic mass is 16.6. The lowest BCUT2D eigenvalue weighted by molar-refractivity contribution is -0.0321. The maximum atomic E-state index is 10.5. The van der Waals surface area contributed by atoms with Crippen LogP contribution in [0.25, 0.3) is 11.2 Å². The first-order valence-corrected chi connectivity index (χ1v) is 6.25. The van der Waals surface area contributed by atoms with Gasteiger partial charge < -0.3 is 20.3 Å². The quantitative estimate of drug-likeness (QED) is 0.716. The van der Waals surface area contributed by atoms with E-state index in [-0.39, 0.29) is 12.4 Å². The van der Waals surface area contributed by atoms with Gasteiger partial charge in [0.25, 0.3) is 0 Å². The van der Waals surface area contributed by atoms with Crippen LogP contribution in [0.3, 0.4) is 0 Å². The van der Waals surface area contributed by atoms with E-state index in [4.69, 9.17) is 15.2 Å². The maximum absolute atomic E-state index is 10.5. The molecule has 10 heteroatoms. The van der Waals surface area contributed by atoms with Crippen molar-refractivity contribution in [1.82, 2.24) is 19.5 Å². The van der Waals surface area contributed by atoms with Crippen LogP contribution in [-0.4, -0.2) is 56.6 Å². The topological polar surface area (TPSA) is 138 Å². The largest absolute Gasteiger partial charge is 0.386 e. The molecule has 1 aliphatic rings. The first-order valence-electron chi connectivity index (χ1n) is 6.25. The number of aliphatic hydroxyl groups is 1. The molecule has 0 aromatic carbocycles. The molecule has 1 fully saturated rings. The van der Waals surface area contributed by atoms with E-state index < -0.39 is 24.5 Å². The molecule has 4 atom stereocenters. The third kappa shape index (κ3) is 2.13. The number of nitrogens with two attached hydrogens (primary N) is 1. The number of hydrogen-bond acceptors (Lipinski definition) is 9. The molecule has 21 heavy (non-hydrogen) atoms. The van der Waals surface area contributed by atoms with Gasteiger partial charge in [-0.15, -0.1) is 0 Å². The fourth-order valence-corrected chi connectivity index (χ4v) is 2.52. The Kier molecular flexibility index (Phi) is 3.49. The molecule has 3 rings (SSSR count). The van der Waals surface area contributed by atoms with Crippen LogP contribution < -0.4 is 5.73 Å². The van der Waals surface area contributed by atoms with Crippen LogP contribution in [0.2, 0.25) is 0 Å². The van der Waals surface area contributed by atoms with Gasteiger partial charge in [0.2, 0.25) is 0 Å². The van der Waals surface area contributed by atoms with Gasteiger partial charge >= 0.3 is 0 Å². The molecular weight excluding hydrogens is 280 g/mol. The molecule has 0 amide bonds. The Bertz CT molecular complexity index is 661. The Balaban J connectivity index is 1.99. The Morgan fingerprint density at radius 2 is 2.33 bits per heavy atom. The van der Waals surface area contributed by atoms with Gasteiger partial charge in [-0.1, -0.05) is 5.18 Å². The van der Waals surface area contributed by atoms with Crippen molar-refractivity contribution in [3.05, 3.63) is 17.6 Å². The number of nitrogen functional groups attached to an aromatic ring is 1. The first kappa shape index (κ1) is 13.8. The number of nitrogens with zero attached hydrogens (tertiary/aromatic N) is 5. The molecule has 112 valence electrons. The zero-order valence-corrected chi connectivity index (χ0v) is 11.2. The van der Waals surface area contributed by atoms with Crippen LogP contribution in [-0.2, 0) is 9.47 Å². The van der Waals surface area contributed by atoms with E-state index in [1.165, 1.54) is 24.3 Å². The number of ether oxygens (including phenoxy) is 2. The number of hydrogen-bond donors (Lipinski definition) is 2. The predicted octanol–water partition coefficient (Wildman–Crippen LogP) is -0.552. The lowest BCUT2D eigenvalue weighted by Gasteiger charge is -2.17. The molecule has 2 aromatic heterocycles. The monoisotopic (exact) mass is 294 g/mol. The van der Waals surface area contributed by atoms with Gasteiger partial charge in [-0.3, -0.25) is 4.57 Å². The highest BCUT2D eigenvalue weighted by molar-refractivity contribution is 5.81. The van der Waals surface area contributed by atoms with E-state index in [0.717, 1.165) is 0 Å². The average Bonchev–Trinajstić information content (AvgIpc) is 3.02. The summed E-state index contributed by atoms with van der Waals surface area (Å²) in [6, 6.07) is 0. The van der Waals surface area contributed by atoms with Crippen molar-refractivity contribution in [3.63, 3.8) is 0 Å². The molecule has 2 aromatic rings. The Morgan fingerprint density at radius 3 is 3.05 bits per heavy atom. The van der Waals surface area contributed by atoms with Crippen molar-refractivity contribution < 1.29 is 14.6 Å². The molecule has 0 spiro atoms. The summed E-state index contributed by atoms with van der Waals surface area (Å²) in [6.45, 7) is -0.115. The summed E-state index contributed by atoms with van der Waals surface area (Å²) >= 11 is 0. The van der Waals surface area contributed by atoms with Crippen molar-refractivity contribution in [3.8, 4) is 0 Å². The van der Waals surface area contributed by atoms with Gasteiger partial charge in [0.05, 0.1) is 6.33 Å². The van der Waals surface area contributed by atoms with Crippen molar-refractivity contribution in [2.24, 2.45) is 5.18 Å².